The first kappa shape index (κ1) is 23.9. The number of ether oxygens (including phenoxy) is 1. The molecule has 0 aliphatic carbocycles. The van der Waals surface area contributed by atoms with Gasteiger partial charge in [-0.1, -0.05) is 12.1 Å². The zero-order chi connectivity index (χ0) is 25.2. The van der Waals surface area contributed by atoms with Crippen molar-refractivity contribution in [1.82, 2.24) is 19.9 Å². The number of aryl methyl sites for hydroxylation is 1. The molecule has 11 heteroatoms. The monoisotopic (exact) mass is 485 g/mol. The molecule has 7 nitrogen and oxygen atoms in total. The minimum Gasteiger partial charge on any atom is -0.461 e. The zero-order valence-electron chi connectivity index (χ0n) is 18.6. The number of aromatic amines is 1. The Morgan fingerprint density at radius 1 is 1.06 bits per heavy atom. The normalized spacial score (nSPS) is 11.4. The van der Waals surface area contributed by atoms with Crippen LogP contribution in [0.4, 0.5) is 29.2 Å². The molecule has 2 aromatic heterocycles. The Balaban J connectivity index is 1.68. The van der Waals surface area contributed by atoms with Crippen molar-refractivity contribution in [2.24, 2.45) is 0 Å². The van der Waals surface area contributed by atoms with Crippen molar-refractivity contribution in [1.29, 1.82) is 0 Å². The number of hydrogen-bond acceptors (Lipinski definition) is 6. The van der Waals surface area contributed by atoms with Gasteiger partial charge in [0.15, 0.2) is 5.69 Å². The van der Waals surface area contributed by atoms with E-state index in [0.29, 0.717) is 17.1 Å². The number of H-pyrrole nitrogens is 1. The second-order valence-electron chi connectivity index (χ2n) is 7.47. The fourth-order valence-electron chi connectivity index (χ4n) is 3.26. The number of nitrogens with one attached hydrogen (secondary N) is 2. The van der Waals surface area contributed by atoms with Gasteiger partial charge in [0.25, 0.3) is 0 Å². The van der Waals surface area contributed by atoms with E-state index in [1.165, 1.54) is 30.3 Å². The van der Waals surface area contributed by atoms with E-state index in [0.717, 1.165) is 12.1 Å². The molecule has 0 unspecified atom stereocenters. The molecular formula is C24H19F4N5O2. The molecule has 0 atom stereocenters. The van der Waals surface area contributed by atoms with Gasteiger partial charge in [0.05, 0.1) is 29.1 Å². The number of carbonyl (C=O) groups excluding carboxylic acids is 1. The number of halogens is 4. The summed E-state index contributed by atoms with van der Waals surface area (Å²) in [6.07, 6.45) is -2.84. The van der Waals surface area contributed by atoms with Crippen LogP contribution in [0.15, 0.2) is 54.7 Å². The van der Waals surface area contributed by atoms with Crippen molar-refractivity contribution in [3.63, 3.8) is 0 Å². The van der Waals surface area contributed by atoms with Crippen LogP contribution in [0.25, 0.3) is 22.6 Å². The maximum absolute atomic E-state index is 14.7. The lowest BCUT2D eigenvalue weighted by Gasteiger charge is -2.11. The first-order valence-corrected chi connectivity index (χ1v) is 10.5. The standard InChI is InChI=1S/C24H19F4N5O2/c1-3-35-22(34)20-11-19(14-4-6-15(7-5-14)24(26,27)28)32-23(33-20)31-16-8-9-17(18(25)10-16)21-29-12-13(2)30-21/h4-12H,3H2,1-2H3,(H,29,30)(H,31,32,33). The molecule has 180 valence electrons. The van der Waals surface area contributed by atoms with Gasteiger partial charge in [0.2, 0.25) is 5.95 Å². The molecule has 0 aliphatic rings. The number of esters is 1. The second kappa shape index (κ2) is 9.53. The quantitative estimate of drug-likeness (QED) is 0.260. The Morgan fingerprint density at radius 3 is 2.40 bits per heavy atom. The predicted molar refractivity (Wildman–Crippen MR) is 120 cm³/mol. The average Bonchev–Trinajstić information content (AvgIpc) is 3.24. The number of imidazole rings is 1. The van der Waals surface area contributed by atoms with E-state index in [9.17, 15) is 22.4 Å². The Hall–Kier alpha value is -4.28. The zero-order valence-corrected chi connectivity index (χ0v) is 18.6. The minimum absolute atomic E-state index is 0.0635. The van der Waals surface area contributed by atoms with Gasteiger partial charge in [-0.25, -0.2) is 24.1 Å². The van der Waals surface area contributed by atoms with E-state index in [-0.39, 0.29) is 35.2 Å². The van der Waals surface area contributed by atoms with Gasteiger partial charge in [0, 0.05) is 17.4 Å². The molecule has 2 aromatic carbocycles. The largest absolute Gasteiger partial charge is 0.461 e. The first-order chi connectivity index (χ1) is 16.6. The summed E-state index contributed by atoms with van der Waals surface area (Å²) >= 11 is 0. The summed E-state index contributed by atoms with van der Waals surface area (Å²) in [5.41, 5.74) is 0.834. The third-order valence-corrected chi connectivity index (χ3v) is 4.90. The van der Waals surface area contributed by atoms with Crippen LogP contribution in [-0.2, 0) is 10.9 Å². The predicted octanol–water partition coefficient (Wildman–Crippen LogP) is 5.92. The number of aromatic nitrogens is 4. The molecule has 2 heterocycles. The van der Waals surface area contributed by atoms with Crippen molar-refractivity contribution >= 4 is 17.6 Å². The van der Waals surface area contributed by atoms with Crippen LogP contribution in [-0.4, -0.2) is 32.5 Å². The molecule has 0 bridgehead atoms. The highest BCUT2D eigenvalue weighted by Gasteiger charge is 2.30. The Kier molecular flexibility index (Phi) is 6.50. The van der Waals surface area contributed by atoms with Crippen molar-refractivity contribution in [3.05, 3.63) is 77.5 Å². The summed E-state index contributed by atoms with van der Waals surface area (Å²) in [5.74, 6) is -0.988. The Bertz CT molecular complexity index is 1370. The lowest BCUT2D eigenvalue weighted by molar-refractivity contribution is -0.137. The highest BCUT2D eigenvalue weighted by Crippen LogP contribution is 2.31. The van der Waals surface area contributed by atoms with Gasteiger partial charge in [0.1, 0.15) is 11.6 Å². The summed E-state index contributed by atoms with van der Waals surface area (Å²) in [5, 5.41) is 2.83. The van der Waals surface area contributed by atoms with Crippen LogP contribution in [0, 0.1) is 12.7 Å². The van der Waals surface area contributed by atoms with Gasteiger partial charge >= 0.3 is 12.1 Å². The van der Waals surface area contributed by atoms with Crippen LogP contribution in [0.2, 0.25) is 0 Å². The molecule has 4 aromatic rings. The number of carbonyl (C=O) groups is 1. The smallest absolute Gasteiger partial charge is 0.416 e. The number of rotatable bonds is 6. The lowest BCUT2D eigenvalue weighted by atomic mass is 10.1. The fraction of sp³-hybridized carbons (Fsp3) is 0.167. The van der Waals surface area contributed by atoms with Gasteiger partial charge < -0.3 is 15.0 Å². The molecule has 0 spiro atoms. The van der Waals surface area contributed by atoms with E-state index in [4.69, 9.17) is 4.74 Å². The van der Waals surface area contributed by atoms with Crippen LogP contribution in [0.3, 0.4) is 0 Å². The first-order valence-electron chi connectivity index (χ1n) is 10.5. The minimum atomic E-state index is -4.49. The Morgan fingerprint density at radius 2 is 1.80 bits per heavy atom. The summed E-state index contributed by atoms with van der Waals surface area (Å²) in [6.45, 7) is 3.50. The third kappa shape index (κ3) is 5.45. The van der Waals surface area contributed by atoms with E-state index in [1.807, 2.05) is 0 Å². The number of nitrogens with zero attached hydrogens (tertiary/aromatic N) is 3. The third-order valence-electron chi connectivity index (χ3n) is 4.90. The summed E-state index contributed by atoms with van der Waals surface area (Å²) < 4.78 is 58.5. The highest BCUT2D eigenvalue weighted by atomic mass is 19.4. The van der Waals surface area contributed by atoms with Crippen LogP contribution < -0.4 is 5.32 Å². The number of hydrogen-bond donors (Lipinski definition) is 2. The maximum atomic E-state index is 14.7. The van der Waals surface area contributed by atoms with Crippen molar-refractivity contribution in [3.8, 4) is 22.6 Å². The molecule has 4 rings (SSSR count). The molecule has 35 heavy (non-hydrogen) atoms. The van der Waals surface area contributed by atoms with E-state index in [2.05, 4.69) is 25.3 Å². The summed E-state index contributed by atoms with van der Waals surface area (Å²) in [6, 6.07) is 9.93. The van der Waals surface area contributed by atoms with E-state index < -0.39 is 23.5 Å². The average molecular weight is 485 g/mol. The summed E-state index contributed by atoms with van der Waals surface area (Å²) in [7, 11) is 0. The Labute approximate surface area is 197 Å². The van der Waals surface area contributed by atoms with Crippen LogP contribution >= 0.6 is 0 Å². The van der Waals surface area contributed by atoms with Gasteiger partial charge in [-0.2, -0.15) is 13.2 Å². The molecule has 0 aliphatic heterocycles. The van der Waals surface area contributed by atoms with Crippen LogP contribution in [0.5, 0.6) is 0 Å². The van der Waals surface area contributed by atoms with Crippen molar-refractivity contribution < 1.29 is 27.1 Å². The topological polar surface area (TPSA) is 92.8 Å². The SMILES string of the molecule is CCOC(=O)c1cc(-c2ccc(C(F)(F)F)cc2)nc(Nc2ccc(-c3nc(C)c[nH]3)c(F)c2)n1. The van der Waals surface area contributed by atoms with Gasteiger partial charge in [-0.3, -0.25) is 0 Å². The molecule has 0 saturated heterocycles. The van der Waals surface area contributed by atoms with Crippen molar-refractivity contribution in [2.45, 2.75) is 20.0 Å². The van der Waals surface area contributed by atoms with Crippen LogP contribution in [0.1, 0.15) is 28.7 Å². The van der Waals surface area contributed by atoms with Gasteiger partial charge in [-0.15, -0.1) is 0 Å². The second-order valence-corrected chi connectivity index (χ2v) is 7.47. The molecule has 0 saturated carbocycles. The number of alkyl halides is 3. The van der Waals surface area contributed by atoms with Crippen molar-refractivity contribution in [2.75, 3.05) is 11.9 Å². The number of anilines is 2. The molecule has 0 fully saturated rings. The fourth-order valence-corrected chi connectivity index (χ4v) is 3.26. The molecule has 2 N–H and O–H groups in total. The number of benzene rings is 2. The van der Waals surface area contributed by atoms with E-state index in [1.54, 1.807) is 26.1 Å². The van der Waals surface area contributed by atoms with E-state index >= 15 is 0 Å². The molecule has 0 amide bonds. The molecule has 0 radical (unpaired) electrons. The van der Waals surface area contributed by atoms with Gasteiger partial charge in [-0.05, 0) is 50.2 Å². The lowest BCUT2D eigenvalue weighted by Crippen LogP contribution is -2.10. The molecular weight excluding hydrogens is 466 g/mol. The highest BCUT2D eigenvalue weighted by molar-refractivity contribution is 5.89. The maximum Gasteiger partial charge on any atom is 0.416 e. The summed E-state index contributed by atoms with van der Waals surface area (Å²) in [4.78, 5) is 27.8.